The van der Waals surface area contributed by atoms with E-state index in [4.69, 9.17) is 5.73 Å². The van der Waals surface area contributed by atoms with Crippen LogP contribution in [0.2, 0.25) is 0 Å². The van der Waals surface area contributed by atoms with Crippen LogP contribution in [0.25, 0.3) is 0 Å². The van der Waals surface area contributed by atoms with Crippen molar-refractivity contribution in [2.24, 2.45) is 5.73 Å². The fraction of sp³-hybridized carbons (Fsp3) is 0.188. The Balaban J connectivity index is 2.24. The van der Waals surface area contributed by atoms with Gasteiger partial charge in [-0.3, -0.25) is 4.79 Å². The smallest absolute Gasteiger partial charge is 0.258 e. The molecule has 0 aromatic heterocycles. The molecule has 0 aliphatic rings. The molecule has 0 aliphatic carbocycles. The predicted molar refractivity (Wildman–Crippen MR) is 79.9 cm³/mol. The van der Waals surface area contributed by atoms with Crippen molar-refractivity contribution in [1.82, 2.24) is 0 Å². The Labute approximate surface area is 118 Å². The molecule has 0 saturated heterocycles. The zero-order chi connectivity index (χ0) is 14.7. The van der Waals surface area contributed by atoms with Crippen molar-refractivity contribution in [3.05, 3.63) is 59.2 Å². The molecule has 0 radical (unpaired) electrons. The first-order valence-electron chi connectivity index (χ1n) is 6.39. The third-order valence-corrected chi connectivity index (χ3v) is 3.31. The lowest BCUT2D eigenvalue weighted by Gasteiger charge is -2.18. The number of phenolic OH excluding ortho intramolecular Hbond substituents is 1. The molecule has 0 atom stereocenters. The number of hydrogen-bond acceptors (Lipinski definition) is 3. The standard InChI is InChI=1S/C16H18N2O2/c1-11-9-13(5-8-15(11)19)16(20)18(2)14-6-3-12(10-17)4-7-14/h3-9,19H,10,17H2,1-2H3. The molecule has 0 spiro atoms. The monoisotopic (exact) mass is 270 g/mol. The van der Waals surface area contributed by atoms with Crippen LogP contribution in [-0.4, -0.2) is 18.1 Å². The summed E-state index contributed by atoms with van der Waals surface area (Å²) in [5, 5.41) is 9.50. The number of aromatic hydroxyl groups is 1. The van der Waals surface area contributed by atoms with Crippen LogP contribution in [0.1, 0.15) is 21.5 Å². The first-order valence-corrected chi connectivity index (χ1v) is 6.39. The maximum Gasteiger partial charge on any atom is 0.258 e. The highest BCUT2D eigenvalue weighted by atomic mass is 16.3. The van der Waals surface area contributed by atoms with Gasteiger partial charge in [0.1, 0.15) is 5.75 Å². The number of benzene rings is 2. The summed E-state index contributed by atoms with van der Waals surface area (Å²) in [4.78, 5) is 14.0. The highest BCUT2D eigenvalue weighted by Crippen LogP contribution is 2.20. The van der Waals surface area contributed by atoms with Crippen LogP contribution in [0.3, 0.4) is 0 Å². The van der Waals surface area contributed by atoms with E-state index in [9.17, 15) is 9.90 Å². The maximum absolute atomic E-state index is 12.4. The molecule has 2 aromatic carbocycles. The summed E-state index contributed by atoms with van der Waals surface area (Å²) in [6.45, 7) is 2.25. The zero-order valence-electron chi connectivity index (χ0n) is 11.6. The second kappa shape index (κ2) is 5.75. The number of amides is 1. The molecule has 0 heterocycles. The maximum atomic E-state index is 12.4. The molecule has 0 fully saturated rings. The van der Waals surface area contributed by atoms with Crippen LogP contribution in [-0.2, 0) is 6.54 Å². The average Bonchev–Trinajstić information content (AvgIpc) is 2.48. The summed E-state index contributed by atoms with van der Waals surface area (Å²) in [5.41, 5.74) is 8.61. The van der Waals surface area contributed by atoms with Gasteiger partial charge in [0.25, 0.3) is 5.91 Å². The Hall–Kier alpha value is -2.33. The highest BCUT2D eigenvalue weighted by molar-refractivity contribution is 6.05. The summed E-state index contributed by atoms with van der Waals surface area (Å²) >= 11 is 0. The molecule has 0 unspecified atom stereocenters. The van der Waals surface area contributed by atoms with E-state index in [2.05, 4.69) is 0 Å². The lowest BCUT2D eigenvalue weighted by Crippen LogP contribution is -2.26. The second-order valence-electron chi connectivity index (χ2n) is 4.74. The van der Waals surface area contributed by atoms with Crippen LogP contribution in [0.4, 0.5) is 5.69 Å². The molecule has 0 saturated carbocycles. The van der Waals surface area contributed by atoms with Crippen molar-refractivity contribution in [3.8, 4) is 5.75 Å². The van der Waals surface area contributed by atoms with E-state index in [1.165, 1.54) is 6.07 Å². The topological polar surface area (TPSA) is 66.6 Å². The minimum atomic E-state index is -0.117. The Morgan fingerprint density at radius 2 is 1.85 bits per heavy atom. The van der Waals surface area contributed by atoms with Crippen molar-refractivity contribution in [1.29, 1.82) is 0 Å². The first-order chi connectivity index (χ1) is 9.52. The number of carbonyl (C=O) groups excluding carboxylic acids is 1. The number of rotatable bonds is 3. The molecule has 0 aliphatic heterocycles. The molecule has 104 valence electrons. The Bertz CT molecular complexity index is 621. The summed E-state index contributed by atoms with van der Waals surface area (Å²) in [7, 11) is 1.72. The lowest BCUT2D eigenvalue weighted by atomic mass is 10.1. The fourth-order valence-corrected chi connectivity index (χ4v) is 1.96. The SMILES string of the molecule is Cc1cc(C(=O)N(C)c2ccc(CN)cc2)ccc1O. The third kappa shape index (κ3) is 2.81. The summed E-state index contributed by atoms with van der Waals surface area (Å²) in [6.07, 6.45) is 0. The van der Waals surface area contributed by atoms with Crippen LogP contribution in [0, 0.1) is 6.92 Å². The van der Waals surface area contributed by atoms with Crippen molar-refractivity contribution in [2.75, 3.05) is 11.9 Å². The van der Waals surface area contributed by atoms with E-state index < -0.39 is 0 Å². The number of hydrogen-bond donors (Lipinski definition) is 2. The molecule has 4 heteroatoms. The van der Waals surface area contributed by atoms with Gasteiger partial charge in [-0.2, -0.15) is 0 Å². The predicted octanol–water partition coefficient (Wildman–Crippen LogP) is 2.44. The molecular formula is C16H18N2O2. The van der Waals surface area contributed by atoms with Gasteiger partial charge in [0, 0.05) is 24.8 Å². The number of phenols is 1. The summed E-state index contributed by atoms with van der Waals surface area (Å²) in [6, 6.07) is 12.4. The van der Waals surface area contributed by atoms with Crippen LogP contribution in [0.15, 0.2) is 42.5 Å². The normalized spacial score (nSPS) is 10.3. The first kappa shape index (κ1) is 14.1. The Morgan fingerprint density at radius 1 is 1.20 bits per heavy atom. The number of carbonyl (C=O) groups is 1. The molecule has 0 bridgehead atoms. The van der Waals surface area contributed by atoms with E-state index in [-0.39, 0.29) is 11.7 Å². The minimum absolute atomic E-state index is 0.117. The Morgan fingerprint density at radius 3 is 2.40 bits per heavy atom. The van der Waals surface area contributed by atoms with Gasteiger partial charge in [-0.15, -0.1) is 0 Å². The van der Waals surface area contributed by atoms with Gasteiger partial charge in [0.15, 0.2) is 0 Å². The lowest BCUT2D eigenvalue weighted by molar-refractivity contribution is 0.0993. The minimum Gasteiger partial charge on any atom is -0.508 e. The Kier molecular flexibility index (Phi) is 4.05. The highest BCUT2D eigenvalue weighted by Gasteiger charge is 2.14. The van der Waals surface area contributed by atoms with Crippen molar-refractivity contribution < 1.29 is 9.90 Å². The van der Waals surface area contributed by atoms with Gasteiger partial charge in [-0.1, -0.05) is 12.1 Å². The van der Waals surface area contributed by atoms with Crippen molar-refractivity contribution in [2.45, 2.75) is 13.5 Å². The van der Waals surface area contributed by atoms with Crippen LogP contribution in [0.5, 0.6) is 5.75 Å². The summed E-state index contributed by atoms with van der Waals surface area (Å²) < 4.78 is 0. The van der Waals surface area contributed by atoms with Crippen LogP contribution >= 0.6 is 0 Å². The molecule has 3 N–H and O–H groups in total. The van der Waals surface area contributed by atoms with Gasteiger partial charge in [0.2, 0.25) is 0 Å². The van der Waals surface area contributed by atoms with E-state index in [1.54, 1.807) is 31.0 Å². The van der Waals surface area contributed by atoms with Gasteiger partial charge >= 0.3 is 0 Å². The fourth-order valence-electron chi connectivity index (χ4n) is 1.96. The van der Waals surface area contributed by atoms with E-state index >= 15 is 0 Å². The second-order valence-corrected chi connectivity index (χ2v) is 4.74. The van der Waals surface area contributed by atoms with E-state index in [1.807, 2.05) is 24.3 Å². The van der Waals surface area contributed by atoms with Gasteiger partial charge in [-0.05, 0) is 48.4 Å². The molecule has 20 heavy (non-hydrogen) atoms. The molecule has 4 nitrogen and oxygen atoms in total. The quantitative estimate of drug-likeness (QED) is 0.900. The summed E-state index contributed by atoms with van der Waals surface area (Å²) in [5.74, 6) is 0.0742. The zero-order valence-corrected chi connectivity index (χ0v) is 11.6. The van der Waals surface area contributed by atoms with Crippen LogP contribution < -0.4 is 10.6 Å². The van der Waals surface area contributed by atoms with Gasteiger partial charge in [0.05, 0.1) is 0 Å². The number of anilines is 1. The van der Waals surface area contributed by atoms with Crippen molar-refractivity contribution in [3.63, 3.8) is 0 Å². The molecule has 2 rings (SSSR count). The largest absolute Gasteiger partial charge is 0.508 e. The third-order valence-electron chi connectivity index (χ3n) is 3.31. The van der Waals surface area contributed by atoms with Crippen molar-refractivity contribution >= 4 is 11.6 Å². The van der Waals surface area contributed by atoms with E-state index in [0.717, 1.165) is 11.3 Å². The average molecular weight is 270 g/mol. The number of nitrogens with two attached hydrogens (primary N) is 1. The van der Waals surface area contributed by atoms with E-state index in [0.29, 0.717) is 17.7 Å². The van der Waals surface area contributed by atoms with Gasteiger partial charge < -0.3 is 15.7 Å². The van der Waals surface area contributed by atoms with Gasteiger partial charge in [-0.25, -0.2) is 0 Å². The molecule has 2 aromatic rings. The number of aryl methyl sites for hydroxylation is 1. The molecular weight excluding hydrogens is 252 g/mol. The number of nitrogens with zero attached hydrogens (tertiary/aromatic N) is 1. The molecule has 1 amide bonds.